The zero-order valence-corrected chi connectivity index (χ0v) is 13.3. The Bertz CT molecular complexity index is 420. The van der Waals surface area contributed by atoms with Crippen molar-refractivity contribution in [3.63, 3.8) is 0 Å². The van der Waals surface area contributed by atoms with E-state index in [1.807, 2.05) is 24.4 Å². The molecule has 1 heterocycles. The Morgan fingerprint density at radius 3 is 2.70 bits per heavy atom. The molecule has 0 aliphatic carbocycles. The number of rotatable bonds is 7. The van der Waals surface area contributed by atoms with Crippen LogP contribution in [0.25, 0.3) is 0 Å². The Hall–Kier alpha value is -1.34. The van der Waals surface area contributed by atoms with Crippen LogP contribution in [0.3, 0.4) is 0 Å². The average molecular weight is 300 g/mol. The maximum Gasteiger partial charge on any atom is 0.315 e. The van der Waals surface area contributed by atoms with Crippen LogP contribution in [0, 0.1) is 5.92 Å². The summed E-state index contributed by atoms with van der Waals surface area (Å²) in [5, 5.41) is 17.6. The van der Waals surface area contributed by atoms with Crippen LogP contribution in [0.5, 0.6) is 0 Å². The molecule has 0 bridgehead atoms. The van der Waals surface area contributed by atoms with Crippen LogP contribution in [0.2, 0.25) is 0 Å². The average Bonchev–Trinajstić information content (AvgIpc) is 2.84. The lowest BCUT2D eigenvalue weighted by molar-refractivity contribution is 0.206. The van der Waals surface area contributed by atoms with Gasteiger partial charge in [0.1, 0.15) is 0 Å². The predicted octanol–water partition coefficient (Wildman–Crippen LogP) is 1.42. The summed E-state index contributed by atoms with van der Waals surface area (Å²) >= 11 is 1.54. The minimum atomic E-state index is -0.274. The lowest BCUT2D eigenvalue weighted by Gasteiger charge is -2.18. The number of nitrogens with zero attached hydrogens (tertiary/aromatic N) is 2. The van der Waals surface area contributed by atoms with E-state index in [4.69, 9.17) is 0 Å². The minimum absolute atomic E-state index is 0.0485. The van der Waals surface area contributed by atoms with E-state index in [9.17, 15) is 9.90 Å². The van der Waals surface area contributed by atoms with Gasteiger partial charge in [-0.1, -0.05) is 13.8 Å². The lowest BCUT2D eigenvalue weighted by Crippen LogP contribution is -2.44. The molecule has 1 rings (SSSR count). The molecule has 1 atom stereocenters. The Kier molecular flexibility index (Phi) is 6.74. The van der Waals surface area contributed by atoms with E-state index in [-0.39, 0.29) is 18.7 Å². The molecule has 0 aliphatic rings. The highest BCUT2D eigenvalue weighted by molar-refractivity contribution is 7.13. The van der Waals surface area contributed by atoms with Crippen molar-refractivity contribution in [3.05, 3.63) is 11.1 Å². The molecule has 6 nitrogen and oxygen atoms in total. The van der Waals surface area contributed by atoms with Crippen molar-refractivity contribution < 1.29 is 9.90 Å². The highest BCUT2D eigenvalue weighted by atomic mass is 32.1. The monoisotopic (exact) mass is 300 g/mol. The topological polar surface area (TPSA) is 77.5 Å². The fraction of sp³-hybridized carbons (Fsp3) is 0.692. The van der Waals surface area contributed by atoms with Crippen LogP contribution >= 0.6 is 11.3 Å². The number of anilines is 1. The van der Waals surface area contributed by atoms with Crippen molar-refractivity contribution in [3.8, 4) is 0 Å². The van der Waals surface area contributed by atoms with Gasteiger partial charge in [0.05, 0.1) is 24.9 Å². The number of aromatic nitrogens is 1. The molecular weight excluding hydrogens is 276 g/mol. The van der Waals surface area contributed by atoms with Gasteiger partial charge >= 0.3 is 6.03 Å². The van der Waals surface area contributed by atoms with Gasteiger partial charge in [0, 0.05) is 19.5 Å². The summed E-state index contributed by atoms with van der Waals surface area (Å²) in [6, 6.07) is -0.480. The van der Waals surface area contributed by atoms with Gasteiger partial charge in [-0.25, -0.2) is 9.78 Å². The molecule has 0 aliphatic heterocycles. The Morgan fingerprint density at radius 1 is 1.50 bits per heavy atom. The maximum atomic E-state index is 11.7. The summed E-state index contributed by atoms with van der Waals surface area (Å²) in [6.45, 7) is 4.45. The summed E-state index contributed by atoms with van der Waals surface area (Å²) in [5.41, 5.74) is 0.832. The molecule has 114 valence electrons. The molecule has 0 spiro atoms. The number of amides is 2. The van der Waals surface area contributed by atoms with Crippen LogP contribution in [-0.2, 0) is 6.54 Å². The molecule has 0 saturated carbocycles. The number of hydrogen-bond donors (Lipinski definition) is 3. The van der Waals surface area contributed by atoms with Crippen molar-refractivity contribution in [2.45, 2.75) is 32.9 Å². The molecule has 0 aromatic carbocycles. The molecule has 2 amide bonds. The van der Waals surface area contributed by atoms with Gasteiger partial charge in [0.25, 0.3) is 0 Å². The Balaban J connectivity index is 2.38. The van der Waals surface area contributed by atoms with Crippen LogP contribution < -0.4 is 15.5 Å². The summed E-state index contributed by atoms with van der Waals surface area (Å²) in [6.07, 6.45) is 0.755. The normalized spacial score (nSPS) is 12.3. The van der Waals surface area contributed by atoms with Gasteiger partial charge in [-0.3, -0.25) is 0 Å². The largest absolute Gasteiger partial charge is 0.394 e. The molecule has 3 N–H and O–H groups in total. The number of nitrogens with one attached hydrogen (secondary N) is 2. The third-order valence-electron chi connectivity index (χ3n) is 2.66. The second-order valence-corrected chi connectivity index (χ2v) is 6.19. The van der Waals surface area contributed by atoms with Crippen LogP contribution in [0.15, 0.2) is 5.38 Å². The number of urea groups is 1. The molecule has 1 aromatic rings. The second-order valence-electron chi connectivity index (χ2n) is 5.35. The summed E-state index contributed by atoms with van der Waals surface area (Å²) < 4.78 is 0. The molecule has 0 saturated heterocycles. The number of carbonyl (C=O) groups excluding carboxylic acids is 1. The van der Waals surface area contributed by atoms with Crippen molar-refractivity contribution in [1.29, 1.82) is 0 Å². The highest BCUT2D eigenvalue weighted by Crippen LogP contribution is 2.17. The van der Waals surface area contributed by atoms with E-state index >= 15 is 0 Å². The van der Waals surface area contributed by atoms with Crippen molar-refractivity contribution in [2.75, 3.05) is 25.6 Å². The van der Waals surface area contributed by atoms with E-state index < -0.39 is 0 Å². The first-order valence-corrected chi connectivity index (χ1v) is 7.57. The van der Waals surface area contributed by atoms with E-state index in [0.29, 0.717) is 12.5 Å². The number of hydrogen-bond acceptors (Lipinski definition) is 5. The first-order valence-electron chi connectivity index (χ1n) is 6.69. The molecule has 1 unspecified atom stereocenters. The number of aliphatic hydroxyl groups is 1. The molecule has 1 aromatic heterocycles. The van der Waals surface area contributed by atoms with E-state index in [2.05, 4.69) is 29.5 Å². The Morgan fingerprint density at radius 2 is 2.20 bits per heavy atom. The third kappa shape index (κ3) is 5.75. The molecule has 7 heteroatoms. The molecule has 0 radical (unpaired) electrons. The zero-order chi connectivity index (χ0) is 15.1. The van der Waals surface area contributed by atoms with Crippen molar-refractivity contribution in [1.82, 2.24) is 15.6 Å². The maximum absolute atomic E-state index is 11.7. The van der Waals surface area contributed by atoms with E-state index in [0.717, 1.165) is 17.2 Å². The first-order chi connectivity index (χ1) is 9.42. The fourth-order valence-electron chi connectivity index (χ4n) is 1.74. The lowest BCUT2D eigenvalue weighted by atomic mass is 10.0. The summed E-state index contributed by atoms with van der Waals surface area (Å²) in [5.74, 6) is 0.425. The third-order valence-corrected chi connectivity index (χ3v) is 3.72. The van der Waals surface area contributed by atoms with E-state index in [1.165, 1.54) is 11.3 Å². The van der Waals surface area contributed by atoms with Crippen LogP contribution in [0.4, 0.5) is 9.93 Å². The van der Waals surface area contributed by atoms with Crippen LogP contribution in [0.1, 0.15) is 26.0 Å². The quantitative estimate of drug-likeness (QED) is 0.711. The highest BCUT2D eigenvalue weighted by Gasteiger charge is 2.13. The number of aliphatic hydroxyl groups excluding tert-OH is 1. The van der Waals surface area contributed by atoms with Gasteiger partial charge in [-0.05, 0) is 12.3 Å². The number of thiazole rings is 1. The summed E-state index contributed by atoms with van der Waals surface area (Å²) in [7, 11) is 3.86. The minimum Gasteiger partial charge on any atom is -0.394 e. The van der Waals surface area contributed by atoms with Gasteiger partial charge in [-0.15, -0.1) is 11.3 Å². The molecular formula is C13H24N4O2S. The standard InChI is InChI=1S/C13H24N4O2S/c1-9(2)5-10(7-18)15-12(19)14-6-11-8-20-13(16-11)17(3)4/h8-10,18H,5-7H2,1-4H3,(H2,14,15,19). The SMILES string of the molecule is CC(C)CC(CO)NC(=O)NCc1csc(N(C)C)n1. The predicted molar refractivity (Wildman–Crippen MR) is 82.1 cm³/mol. The first kappa shape index (κ1) is 16.7. The zero-order valence-electron chi connectivity index (χ0n) is 12.5. The van der Waals surface area contributed by atoms with E-state index in [1.54, 1.807) is 0 Å². The number of carbonyl (C=O) groups is 1. The fourth-order valence-corrected chi connectivity index (χ4v) is 2.50. The van der Waals surface area contributed by atoms with Gasteiger partial charge in [0.15, 0.2) is 5.13 Å². The second kappa shape index (κ2) is 8.06. The van der Waals surface area contributed by atoms with Crippen LogP contribution in [-0.4, -0.2) is 42.9 Å². The molecule has 0 fully saturated rings. The van der Waals surface area contributed by atoms with Crippen molar-refractivity contribution >= 4 is 22.5 Å². The van der Waals surface area contributed by atoms with Gasteiger partial charge in [-0.2, -0.15) is 0 Å². The van der Waals surface area contributed by atoms with Gasteiger partial charge in [0.2, 0.25) is 0 Å². The van der Waals surface area contributed by atoms with Crippen molar-refractivity contribution in [2.24, 2.45) is 5.92 Å². The smallest absolute Gasteiger partial charge is 0.315 e. The molecule has 20 heavy (non-hydrogen) atoms. The Labute approximate surface area is 124 Å². The summed E-state index contributed by atoms with van der Waals surface area (Å²) in [4.78, 5) is 18.1. The van der Waals surface area contributed by atoms with Gasteiger partial charge < -0.3 is 20.6 Å².